The number of fused-ring (bicyclic) bond motifs is 1. The summed E-state index contributed by atoms with van der Waals surface area (Å²) in [6.07, 6.45) is -1.78. The zero-order valence-electron chi connectivity index (χ0n) is 21.4. The molecule has 5 rings (SSSR count). The number of halogens is 3. The van der Waals surface area contributed by atoms with Gasteiger partial charge in [-0.3, -0.25) is 0 Å². The standard InChI is InChI=1S/C28H28F3N5O3/c1-16(19-7-6-8-19)32-23-22-24(34-25(33-23)27(37)38)35-26(17(2)39-21-9-4-3-5-10-21)36(22)15-18-11-13-20(14-12-18)28(29,30)31/h3-5,9-14,16-17,19H,6-8,15H2,1-2H3,(H,37,38)(H,32,33,34)/t16-,17?/m1/s1. The third-order valence-electron chi connectivity index (χ3n) is 7.09. The molecule has 39 heavy (non-hydrogen) atoms. The summed E-state index contributed by atoms with van der Waals surface area (Å²) in [7, 11) is 0. The SMILES string of the molecule is CC(Oc1ccccc1)c1nc2nc(C(=O)O)nc(N[C@H](C)C3CCC3)c2n1Cc1ccc(C(F)(F)F)cc1. The average Bonchev–Trinajstić information content (AvgIpc) is 3.22. The molecule has 0 radical (unpaired) electrons. The lowest BCUT2D eigenvalue weighted by Crippen LogP contribution is -2.31. The summed E-state index contributed by atoms with van der Waals surface area (Å²) in [6.45, 7) is 3.97. The van der Waals surface area contributed by atoms with Crippen LogP contribution in [-0.4, -0.2) is 36.6 Å². The molecule has 2 aromatic carbocycles. The molecule has 11 heteroatoms. The number of hydrogen-bond donors (Lipinski definition) is 2. The van der Waals surface area contributed by atoms with Crippen molar-refractivity contribution in [3.8, 4) is 5.75 Å². The van der Waals surface area contributed by atoms with Gasteiger partial charge in [0.15, 0.2) is 23.4 Å². The maximum Gasteiger partial charge on any atom is 0.416 e. The summed E-state index contributed by atoms with van der Waals surface area (Å²) in [4.78, 5) is 25.0. The van der Waals surface area contributed by atoms with Crippen LogP contribution in [0.1, 0.15) is 66.8 Å². The molecule has 1 unspecified atom stereocenters. The molecule has 0 aliphatic heterocycles. The second kappa shape index (κ2) is 10.5. The fourth-order valence-corrected chi connectivity index (χ4v) is 4.73. The van der Waals surface area contributed by atoms with E-state index in [9.17, 15) is 23.1 Å². The minimum atomic E-state index is -4.45. The molecule has 1 saturated carbocycles. The molecule has 0 bridgehead atoms. The zero-order chi connectivity index (χ0) is 27.7. The van der Waals surface area contributed by atoms with Gasteiger partial charge in [0.05, 0.1) is 5.56 Å². The van der Waals surface area contributed by atoms with Gasteiger partial charge in [-0.05, 0) is 62.4 Å². The second-order valence-corrected chi connectivity index (χ2v) is 9.82. The highest BCUT2D eigenvalue weighted by molar-refractivity contribution is 5.90. The normalized spacial score (nSPS) is 15.5. The van der Waals surface area contributed by atoms with Gasteiger partial charge in [0.1, 0.15) is 11.3 Å². The van der Waals surface area contributed by atoms with Gasteiger partial charge in [0.25, 0.3) is 0 Å². The highest BCUT2D eigenvalue weighted by atomic mass is 19.4. The summed E-state index contributed by atoms with van der Waals surface area (Å²) >= 11 is 0. The topological polar surface area (TPSA) is 102 Å². The number of benzene rings is 2. The summed E-state index contributed by atoms with van der Waals surface area (Å²) < 4.78 is 47.4. The summed E-state index contributed by atoms with van der Waals surface area (Å²) in [6, 6.07) is 14.1. The first-order chi connectivity index (χ1) is 18.6. The first kappa shape index (κ1) is 26.5. The molecule has 4 aromatic rings. The lowest BCUT2D eigenvalue weighted by Gasteiger charge is -2.32. The number of aromatic carboxylic acids is 1. The van der Waals surface area contributed by atoms with Gasteiger partial charge in [-0.25, -0.2) is 19.7 Å². The smallest absolute Gasteiger partial charge is 0.416 e. The van der Waals surface area contributed by atoms with E-state index in [1.54, 1.807) is 23.6 Å². The summed E-state index contributed by atoms with van der Waals surface area (Å²) in [5, 5.41) is 13.0. The van der Waals surface area contributed by atoms with E-state index in [-0.39, 0.29) is 18.2 Å². The van der Waals surface area contributed by atoms with Crippen molar-refractivity contribution in [2.24, 2.45) is 5.92 Å². The van der Waals surface area contributed by atoms with Crippen LogP contribution in [0.5, 0.6) is 5.75 Å². The number of carboxylic acid groups (broad SMARTS) is 1. The lowest BCUT2D eigenvalue weighted by molar-refractivity contribution is -0.137. The fraction of sp³-hybridized carbons (Fsp3) is 0.357. The number of rotatable bonds is 9. The van der Waals surface area contributed by atoms with Crippen LogP contribution in [0.4, 0.5) is 19.0 Å². The molecular weight excluding hydrogens is 511 g/mol. The van der Waals surface area contributed by atoms with Gasteiger partial charge in [-0.15, -0.1) is 0 Å². The summed E-state index contributed by atoms with van der Waals surface area (Å²) in [5.41, 5.74) is 0.477. The molecule has 8 nitrogen and oxygen atoms in total. The van der Waals surface area contributed by atoms with E-state index in [1.807, 2.05) is 25.1 Å². The van der Waals surface area contributed by atoms with E-state index >= 15 is 0 Å². The van der Waals surface area contributed by atoms with Gasteiger partial charge in [0.2, 0.25) is 5.82 Å². The third kappa shape index (κ3) is 5.67. The molecule has 1 fully saturated rings. The minimum absolute atomic E-state index is 0.0226. The van der Waals surface area contributed by atoms with Crippen molar-refractivity contribution in [2.75, 3.05) is 5.32 Å². The van der Waals surface area contributed by atoms with Gasteiger partial charge in [0, 0.05) is 12.6 Å². The Morgan fingerprint density at radius 2 is 1.77 bits per heavy atom. The number of nitrogens with one attached hydrogen (secondary N) is 1. The molecule has 1 aliphatic carbocycles. The number of ether oxygens (including phenoxy) is 1. The van der Waals surface area contributed by atoms with Crippen LogP contribution in [0.25, 0.3) is 11.2 Å². The van der Waals surface area contributed by atoms with Gasteiger partial charge in [-0.1, -0.05) is 36.8 Å². The van der Waals surface area contributed by atoms with Crippen molar-refractivity contribution in [1.29, 1.82) is 0 Å². The van der Waals surface area contributed by atoms with Gasteiger partial charge in [-0.2, -0.15) is 13.2 Å². The third-order valence-corrected chi connectivity index (χ3v) is 7.09. The van der Waals surface area contributed by atoms with Crippen LogP contribution in [-0.2, 0) is 12.7 Å². The first-order valence-corrected chi connectivity index (χ1v) is 12.8. The zero-order valence-corrected chi connectivity index (χ0v) is 21.4. The number of hydrogen-bond acceptors (Lipinski definition) is 6. The van der Waals surface area contributed by atoms with Gasteiger partial charge < -0.3 is 19.7 Å². The Hall–Kier alpha value is -4.15. The molecule has 1 aliphatic rings. The molecule has 2 heterocycles. The van der Waals surface area contributed by atoms with Crippen LogP contribution in [0, 0.1) is 5.92 Å². The Labute approximate surface area is 222 Å². The van der Waals surface area contributed by atoms with Crippen molar-refractivity contribution in [2.45, 2.75) is 58.0 Å². The Balaban J connectivity index is 1.62. The van der Waals surface area contributed by atoms with E-state index in [0.29, 0.717) is 34.4 Å². The van der Waals surface area contributed by atoms with Gasteiger partial charge >= 0.3 is 12.1 Å². The molecule has 0 amide bonds. The molecule has 0 spiro atoms. The Kier molecular flexibility index (Phi) is 7.16. The molecule has 0 saturated heterocycles. The quantitative estimate of drug-likeness (QED) is 0.256. The number of nitrogens with zero attached hydrogens (tertiary/aromatic N) is 4. The molecule has 2 aromatic heterocycles. The van der Waals surface area contributed by atoms with Crippen molar-refractivity contribution < 1.29 is 27.8 Å². The van der Waals surface area contributed by atoms with E-state index in [0.717, 1.165) is 31.4 Å². The maximum atomic E-state index is 13.2. The van der Waals surface area contributed by atoms with Crippen LogP contribution < -0.4 is 10.1 Å². The molecule has 2 atom stereocenters. The van der Waals surface area contributed by atoms with Crippen LogP contribution in [0.3, 0.4) is 0 Å². The Morgan fingerprint density at radius 3 is 2.36 bits per heavy atom. The van der Waals surface area contributed by atoms with E-state index in [2.05, 4.69) is 20.3 Å². The Morgan fingerprint density at radius 1 is 1.08 bits per heavy atom. The Bertz CT molecular complexity index is 1470. The van der Waals surface area contributed by atoms with Crippen molar-refractivity contribution in [3.63, 3.8) is 0 Å². The number of anilines is 1. The predicted octanol–water partition coefficient (Wildman–Crippen LogP) is 6.33. The van der Waals surface area contributed by atoms with E-state index < -0.39 is 29.6 Å². The fourth-order valence-electron chi connectivity index (χ4n) is 4.73. The highest BCUT2D eigenvalue weighted by Crippen LogP contribution is 2.34. The van der Waals surface area contributed by atoms with Crippen LogP contribution in [0.2, 0.25) is 0 Å². The predicted molar refractivity (Wildman–Crippen MR) is 139 cm³/mol. The molecular formula is C28H28F3N5O3. The first-order valence-electron chi connectivity index (χ1n) is 12.8. The second-order valence-electron chi connectivity index (χ2n) is 9.82. The largest absolute Gasteiger partial charge is 0.483 e. The van der Waals surface area contributed by atoms with Crippen molar-refractivity contribution in [1.82, 2.24) is 19.5 Å². The molecule has 204 valence electrons. The average molecular weight is 540 g/mol. The number of imidazole rings is 1. The number of alkyl halides is 3. The van der Waals surface area contributed by atoms with E-state index in [4.69, 9.17) is 4.74 Å². The van der Waals surface area contributed by atoms with Crippen LogP contribution >= 0.6 is 0 Å². The van der Waals surface area contributed by atoms with Crippen molar-refractivity contribution >= 4 is 23.0 Å². The number of aromatic nitrogens is 4. The number of carboxylic acids is 1. The lowest BCUT2D eigenvalue weighted by atomic mass is 9.80. The van der Waals surface area contributed by atoms with Crippen molar-refractivity contribution in [3.05, 3.63) is 77.4 Å². The highest BCUT2D eigenvalue weighted by Gasteiger charge is 2.31. The maximum absolute atomic E-state index is 13.2. The minimum Gasteiger partial charge on any atom is -0.483 e. The van der Waals surface area contributed by atoms with E-state index in [1.165, 1.54) is 12.1 Å². The molecule has 2 N–H and O–H groups in total. The number of para-hydroxylation sites is 1. The number of carbonyl (C=O) groups is 1. The summed E-state index contributed by atoms with van der Waals surface area (Å²) in [5.74, 6) is 0.0953. The van der Waals surface area contributed by atoms with Crippen LogP contribution in [0.15, 0.2) is 54.6 Å². The monoisotopic (exact) mass is 539 g/mol.